The second-order valence-corrected chi connectivity index (χ2v) is 24.1. The van der Waals surface area contributed by atoms with Crippen molar-refractivity contribution in [1.29, 1.82) is 0 Å². The van der Waals surface area contributed by atoms with Crippen molar-refractivity contribution in [2.24, 2.45) is 0 Å². The van der Waals surface area contributed by atoms with Gasteiger partial charge >= 0.3 is 11.9 Å². The number of carbonyl (C=O) groups excluding carboxylic acids is 3. The van der Waals surface area contributed by atoms with E-state index in [2.05, 4.69) is 38.2 Å². The number of nitrogens with zero attached hydrogens (tertiary/aromatic N) is 1. The molecule has 0 aromatic carbocycles. The van der Waals surface area contributed by atoms with E-state index in [1.54, 1.807) is 0 Å². The fourth-order valence-corrected chi connectivity index (χ4v) is 10.0. The fraction of sp³-hybridized carbons (Fsp3) is 0.897. The normalized spacial score (nSPS) is 12.8. The van der Waals surface area contributed by atoms with Gasteiger partial charge in [0.05, 0.1) is 40.3 Å². The number of rotatable bonds is 63. The highest BCUT2D eigenvalue weighted by Crippen LogP contribution is 2.18. The van der Waals surface area contributed by atoms with Crippen LogP contribution < -0.4 is 5.11 Å². The average Bonchev–Trinajstić information content (AvgIpc) is 3.40. The molecule has 0 radical (unpaired) electrons. The van der Waals surface area contributed by atoms with Crippen LogP contribution in [-0.4, -0.2) is 82.3 Å². The van der Waals surface area contributed by atoms with Gasteiger partial charge in [-0.25, -0.2) is 0 Å². The summed E-state index contributed by atoms with van der Waals surface area (Å²) < 4.78 is 22.7. The highest BCUT2D eigenvalue weighted by molar-refractivity contribution is 5.70. The van der Waals surface area contributed by atoms with E-state index in [0.717, 1.165) is 44.9 Å². The van der Waals surface area contributed by atoms with E-state index >= 15 is 0 Å². The number of allylic oxidation sites excluding steroid dienone is 4. The minimum Gasteiger partial charge on any atom is -0.545 e. The summed E-state index contributed by atoms with van der Waals surface area (Å²) in [5.41, 5.74) is 0. The van der Waals surface area contributed by atoms with Gasteiger partial charge in [0.25, 0.3) is 0 Å². The Balaban J connectivity index is 3.90. The summed E-state index contributed by atoms with van der Waals surface area (Å²) in [6, 6.07) is 0. The SMILES string of the molecule is CCCCCCC/C=C\C/C=C\CCCCCCCCCCCCCCCCCCCCCCCCCCCCCC(=O)OC(COC(=O)CCCCCCCCCCCCCCC)COC(OCC[N+](C)(C)C)C(=O)[O-]. The molecule has 9 heteroatoms. The molecule has 9 nitrogen and oxygen atoms in total. The van der Waals surface area contributed by atoms with Gasteiger partial charge in [-0.2, -0.15) is 0 Å². The lowest BCUT2D eigenvalue weighted by Gasteiger charge is -2.26. The van der Waals surface area contributed by atoms with E-state index < -0.39 is 24.3 Å². The Bertz CT molecular complexity index is 1310. The summed E-state index contributed by atoms with van der Waals surface area (Å²) in [7, 11) is 5.94. The molecule has 0 aliphatic heterocycles. The molecule has 0 saturated carbocycles. The van der Waals surface area contributed by atoms with Crippen molar-refractivity contribution >= 4 is 17.9 Å². The molecule has 77 heavy (non-hydrogen) atoms. The summed E-state index contributed by atoms with van der Waals surface area (Å²) in [5.74, 6) is -2.26. The number of carbonyl (C=O) groups is 3. The minimum atomic E-state index is -1.62. The second kappa shape index (κ2) is 59.9. The molecule has 0 spiro atoms. The monoisotopic (exact) mass is 1090 g/mol. The van der Waals surface area contributed by atoms with Crippen molar-refractivity contribution in [3.63, 3.8) is 0 Å². The molecular formula is C68H129NO8. The molecule has 0 fully saturated rings. The largest absolute Gasteiger partial charge is 0.545 e. The summed E-state index contributed by atoms with van der Waals surface area (Å²) in [4.78, 5) is 37.3. The maximum absolute atomic E-state index is 12.9. The zero-order valence-corrected chi connectivity index (χ0v) is 51.9. The smallest absolute Gasteiger partial charge is 0.306 e. The van der Waals surface area contributed by atoms with Gasteiger partial charge in [0.2, 0.25) is 0 Å². The van der Waals surface area contributed by atoms with Crippen molar-refractivity contribution in [2.45, 2.75) is 347 Å². The maximum atomic E-state index is 12.9. The van der Waals surface area contributed by atoms with Gasteiger partial charge < -0.3 is 33.3 Å². The quantitative estimate of drug-likeness (QED) is 0.0195. The standard InChI is InChI=1S/C68H129NO8/c1-6-8-10-12-14-16-18-20-21-22-23-24-25-26-27-28-29-30-31-32-33-34-35-36-37-38-39-40-41-42-43-44-45-47-49-51-53-55-57-59-66(71)77-64(63-76-68(67(72)73)74-61-60-69(3,4)5)62-75-65(70)58-56-54-52-50-48-46-19-17-15-13-11-9-7-2/h18,20,22-23,64,68H,6-17,19,21,24-63H2,1-5H3/b20-18-,23-22-. The van der Waals surface area contributed by atoms with Gasteiger partial charge in [0.15, 0.2) is 12.4 Å². The zero-order chi connectivity index (χ0) is 56.2. The Morgan fingerprint density at radius 3 is 1.03 bits per heavy atom. The van der Waals surface area contributed by atoms with E-state index in [1.807, 2.05) is 21.1 Å². The number of carboxylic acids is 1. The molecule has 0 saturated heterocycles. The van der Waals surface area contributed by atoms with Crippen LogP contribution in [0.4, 0.5) is 0 Å². The molecular weight excluding hydrogens is 959 g/mol. The molecule has 0 heterocycles. The molecule has 0 rings (SSSR count). The predicted octanol–water partition coefficient (Wildman–Crippen LogP) is 18.9. The van der Waals surface area contributed by atoms with Crippen LogP contribution in [0.3, 0.4) is 0 Å². The van der Waals surface area contributed by atoms with Crippen LogP contribution in [-0.2, 0) is 33.3 Å². The minimum absolute atomic E-state index is 0.152. The first-order valence-electron chi connectivity index (χ1n) is 33.5. The van der Waals surface area contributed by atoms with Crippen LogP contribution in [0.2, 0.25) is 0 Å². The Hall–Kier alpha value is -2.23. The van der Waals surface area contributed by atoms with Crippen molar-refractivity contribution in [2.75, 3.05) is 47.5 Å². The highest BCUT2D eigenvalue weighted by atomic mass is 16.7. The third-order valence-corrected chi connectivity index (χ3v) is 15.2. The van der Waals surface area contributed by atoms with Crippen LogP contribution in [0.15, 0.2) is 24.3 Å². The van der Waals surface area contributed by atoms with Gasteiger partial charge in [-0.3, -0.25) is 9.59 Å². The number of quaternary nitrogens is 1. The van der Waals surface area contributed by atoms with E-state index in [1.165, 1.54) is 263 Å². The lowest BCUT2D eigenvalue weighted by molar-refractivity contribution is -0.870. The maximum Gasteiger partial charge on any atom is 0.306 e. The molecule has 2 atom stereocenters. The summed E-state index contributed by atoms with van der Waals surface area (Å²) in [5, 5.41) is 11.8. The Morgan fingerprint density at radius 1 is 0.390 bits per heavy atom. The van der Waals surface area contributed by atoms with E-state index in [-0.39, 0.29) is 32.2 Å². The molecule has 0 N–H and O–H groups in total. The Labute approximate surface area is 478 Å². The van der Waals surface area contributed by atoms with Crippen LogP contribution in [0.1, 0.15) is 335 Å². The molecule has 0 aliphatic carbocycles. The molecule has 0 bridgehead atoms. The molecule has 0 amide bonds. The molecule has 0 aromatic heterocycles. The third-order valence-electron chi connectivity index (χ3n) is 15.2. The summed E-state index contributed by atoms with van der Waals surface area (Å²) in [6.45, 7) is 4.79. The lowest BCUT2D eigenvalue weighted by atomic mass is 10.0. The van der Waals surface area contributed by atoms with E-state index in [4.69, 9.17) is 18.9 Å². The van der Waals surface area contributed by atoms with Crippen LogP contribution in [0, 0.1) is 0 Å². The zero-order valence-electron chi connectivity index (χ0n) is 51.9. The number of esters is 2. The highest BCUT2D eigenvalue weighted by Gasteiger charge is 2.22. The number of hydrogen-bond donors (Lipinski definition) is 0. The van der Waals surface area contributed by atoms with Crippen molar-refractivity contribution < 1.29 is 42.9 Å². The molecule has 0 aromatic rings. The predicted molar refractivity (Wildman–Crippen MR) is 325 cm³/mol. The topological polar surface area (TPSA) is 111 Å². The molecule has 454 valence electrons. The van der Waals surface area contributed by atoms with Crippen LogP contribution in [0.5, 0.6) is 0 Å². The van der Waals surface area contributed by atoms with Gasteiger partial charge in [-0.05, 0) is 44.9 Å². The Morgan fingerprint density at radius 2 is 0.701 bits per heavy atom. The summed E-state index contributed by atoms with van der Waals surface area (Å²) >= 11 is 0. The fourth-order valence-electron chi connectivity index (χ4n) is 10.0. The first-order chi connectivity index (χ1) is 37.6. The second-order valence-electron chi connectivity index (χ2n) is 24.1. The van der Waals surface area contributed by atoms with Crippen molar-refractivity contribution in [3.05, 3.63) is 24.3 Å². The first kappa shape index (κ1) is 74.8. The van der Waals surface area contributed by atoms with Gasteiger partial charge in [-0.15, -0.1) is 0 Å². The molecule has 0 aliphatic rings. The van der Waals surface area contributed by atoms with Gasteiger partial charge in [0, 0.05) is 12.8 Å². The number of likely N-dealkylation sites (N-methyl/N-ethyl adjacent to an activating group) is 1. The van der Waals surface area contributed by atoms with Crippen molar-refractivity contribution in [3.8, 4) is 0 Å². The van der Waals surface area contributed by atoms with Crippen LogP contribution in [0.25, 0.3) is 0 Å². The third kappa shape index (κ3) is 61.2. The summed E-state index contributed by atoms with van der Waals surface area (Å²) in [6.07, 6.45) is 69.9. The number of carboxylic acid groups (broad SMARTS) is 1. The van der Waals surface area contributed by atoms with Gasteiger partial charge in [0.1, 0.15) is 13.2 Å². The van der Waals surface area contributed by atoms with Gasteiger partial charge in [-0.1, -0.05) is 301 Å². The number of ether oxygens (including phenoxy) is 4. The van der Waals surface area contributed by atoms with E-state index in [9.17, 15) is 19.5 Å². The number of hydrogen-bond acceptors (Lipinski definition) is 8. The number of aliphatic carboxylic acids is 1. The van der Waals surface area contributed by atoms with Crippen molar-refractivity contribution in [1.82, 2.24) is 0 Å². The first-order valence-corrected chi connectivity index (χ1v) is 33.5. The van der Waals surface area contributed by atoms with Crippen LogP contribution >= 0.6 is 0 Å². The lowest BCUT2D eigenvalue weighted by Crippen LogP contribution is -2.44. The van der Waals surface area contributed by atoms with E-state index in [0.29, 0.717) is 17.4 Å². The average molecular weight is 1090 g/mol. The number of unbranched alkanes of at least 4 members (excludes halogenated alkanes) is 44. The Kier molecular flexibility index (Phi) is 58.1. The molecule has 2 unspecified atom stereocenters.